The number of methoxy groups -OCH3 is 1. The normalized spacial score (nSPS) is 21.0. The van der Waals surface area contributed by atoms with E-state index in [0.717, 1.165) is 34.3 Å². The van der Waals surface area contributed by atoms with Crippen molar-refractivity contribution in [3.8, 4) is 0 Å². The smallest absolute Gasteiger partial charge is 0.336 e. The summed E-state index contributed by atoms with van der Waals surface area (Å²) in [5.41, 5.74) is 3.84. The van der Waals surface area contributed by atoms with Crippen LogP contribution in [0.15, 0.2) is 51.3 Å². The molecule has 1 aromatic carbocycles. The summed E-state index contributed by atoms with van der Waals surface area (Å²) >= 11 is 3.47. The molecular weight excluding hydrogens is 358 g/mol. The second kappa shape index (κ2) is 6.32. The van der Waals surface area contributed by atoms with Crippen molar-refractivity contribution < 1.29 is 14.3 Å². The third-order valence-corrected chi connectivity index (χ3v) is 4.86. The third kappa shape index (κ3) is 2.85. The maximum absolute atomic E-state index is 12.6. The number of halogens is 1. The number of Topliss-reactive ketones (excluding diaryl/α,β-unsaturated/α-hetero) is 1. The lowest BCUT2D eigenvalue weighted by Crippen LogP contribution is -2.34. The first-order valence-corrected chi connectivity index (χ1v) is 8.40. The number of esters is 1. The van der Waals surface area contributed by atoms with Crippen LogP contribution in [0.25, 0.3) is 0 Å². The molecule has 1 aliphatic heterocycles. The number of ketones is 1. The molecule has 120 valence electrons. The molecule has 0 amide bonds. The molecule has 0 fully saturated rings. The van der Waals surface area contributed by atoms with Crippen molar-refractivity contribution >= 4 is 27.7 Å². The Bertz CT molecular complexity index is 748. The van der Waals surface area contributed by atoms with Crippen molar-refractivity contribution in [1.29, 1.82) is 0 Å². The van der Waals surface area contributed by atoms with Gasteiger partial charge in [-0.1, -0.05) is 28.1 Å². The summed E-state index contributed by atoms with van der Waals surface area (Å²) in [4.78, 5) is 24.9. The summed E-state index contributed by atoms with van der Waals surface area (Å²) in [6, 6.07) is 7.75. The van der Waals surface area contributed by atoms with Crippen molar-refractivity contribution in [2.45, 2.75) is 32.1 Å². The van der Waals surface area contributed by atoms with Crippen molar-refractivity contribution in [3.05, 3.63) is 56.8 Å². The number of carbonyl (C=O) groups excluding carboxylic acids is 2. The molecule has 23 heavy (non-hydrogen) atoms. The highest BCUT2D eigenvalue weighted by Gasteiger charge is 2.38. The molecule has 0 bridgehead atoms. The van der Waals surface area contributed by atoms with Crippen molar-refractivity contribution in [2.24, 2.45) is 0 Å². The Kier molecular flexibility index (Phi) is 4.39. The molecule has 3 rings (SSSR count). The number of benzene rings is 1. The number of rotatable bonds is 2. The monoisotopic (exact) mass is 375 g/mol. The van der Waals surface area contributed by atoms with E-state index in [1.54, 1.807) is 0 Å². The highest BCUT2D eigenvalue weighted by Crippen LogP contribution is 2.42. The zero-order chi connectivity index (χ0) is 16.6. The molecule has 2 aliphatic rings. The number of carbonyl (C=O) groups is 2. The summed E-state index contributed by atoms with van der Waals surface area (Å²) in [5, 5.41) is 3.25. The molecular formula is C18H18BrNO3. The van der Waals surface area contributed by atoms with E-state index in [0.29, 0.717) is 17.6 Å². The van der Waals surface area contributed by atoms with Gasteiger partial charge in [-0.3, -0.25) is 4.79 Å². The van der Waals surface area contributed by atoms with Crippen molar-refractivity contribution in [1.82, 2.24) is 5.32 Å². The minimum absolute atomic E-state index is 0.109. The molecule has 1 N–H and O–H groups in total. The van der Waals surface area contributed by atoms with E-state index < -0.39 is 5.97 Å². The van der Waals surface area contributed by atoms with Gasteiger partial charge in [0.1, 0.15) is 0 Å². The van der Waals surface area contributed by atoms with Crippen LogP contribution in [0, 0.1) is 0 Å². The maximum atomic E-state index is 12.6. The second-order valence-electron chi connectivity index (χ2n) is 5.81. The number of ether oxygens (including phenoxy) is 1. The van der Waals surface area contributed by atoms with Gasteiger partial charge in [0.15, 0.2) is 5.78 Å². The van der Waals surface area contributed by atoms with E-state index in [1.165, 1.54) is 7.11 Å². The van der Waals surface area contributed by atoms with Gasteiger partial charge < -0.3 is 10.1 Å². The number of nitrogens with one attached hydrogen (secondary N) is 1. The van der Waals surface area contributed by atoms with Gasteiger partial charge in [0.25, 0.3) is 0 Å². The molecule has 4 nitrogen and oxygen atoms in total. The molecule has 0 unspecified atom stereocenters. The molecule has 0 saturated heterocycles. The van der Waals surface area contributed by atoms with Crippen LogP contribution in [0.3, 0.4) is 0 Å². The highest BCUT2D eigenvalue weighted by molar-refractivity contribution is 9.10. The molecule has 1 heterocycles. The van der Waals surface area contributed by atoms with Crippen LogP contribution in [-0.4, -0.2) is 18.9 Å². The van der Waals surface area contributed by atoms with Crippen molar-refractivity contribution in [2.75, 3.05) is 7.11 Å². The van der Waals surface area contributed by atoms with Gasteiger partial charge in [0.2, 0.25) is 0 Å². The fourth-order valence-electron chi connectivity index (χ4n) is 3.38. The predicted molar refractivity (Wildman–Crippen MR) is 90.6 cm³/mol. The number of hydrogen-bond donors (Lipinski definition) is 1. The Hall–Kier alpha value is -1.88. The molecule has 0 spiro atoms. The van der Waals surface area contributed by atoms with E-state index >= 15 is 0 Å². The average Bonchev–Trinajstić information content (AvgIpc) is 2.53. The van der Waals surface area contributed by atoms with Gasteiger partial charge in [-0.2, -0.15) is 0 Å². The maximum Gasteiger partial charge on any atom is 0.336 e. The summed E-state index contributed by atoms with van der Waals surface area (Å²) < 4.78 is 5.89. The molecule has 1 aliphatic carbocycles. The first kappa shape index (κ1) is 16.0. The standard InChI is InChI=1S/C18H18BrNO3/c1-10-15(18(22)23-2)16(11-5-3-6-12(19)9-11)17-13(20-10)7-4-8-14(17)21/h3,5-6,9,16,20H,4,7-8H2,1-2H3/t16-/m1/s1. The average molecular weight is 376 g/mol. The quantitative estimate of drug-likeness (QED) is 0.802. The molecule has 5 heteroatoms. The van der Waals surface area contributed by atoms with Crippen LogP contribution in [0.5, 0.6) is 0 Å². The summed E-state index contributed by atoms with van der Waals surface area (Å²) in [6.07, 6.45) is 2.20. The van der Waals surface area contributed by atoms with Crippen LogP contribution < -0.4 is 5.32 Å². The summed E-state index contributed by atoms with van der Waals surface area (Å²) in [5.74, 6) is -0.661. The van der Waals surface area contributed by atoms with E-state index in [9.17, 15) is 9.59 Å². The Labute approximate surface area is 143 Å². The lowest BCUT2D eigenvalue weighted by molar-refractivity contribution is -0.136. The SMILES string of the molecule is COC(=O)C1=C(C)NC2=C(C(=O)CCC2)[C@@H]1c1cccc(Br)c1. The minimum Gasteiger partial charge on any atom is -0.466 e. The Morgan fingerprint density at radius 3 is 2.83 bits per heavy atom. The largest absolute Gasteiger partial charge is 0.466 e. The summed E-state index contributed by atoms with van der Waals surface area (Å²) in [7, 11) is 1.37. The fourth-order valence-corrected chi connectivity index (χ4v) is 3.80. The van der Waals surface area contributed by atoms with Crippen LogP contribution in [0.1, 0.15) is 37.7 Å². The van der Waals surface area contributed by atoms with Gasteiger partial charge in [-0.25, -0.2) is 4.79 Å². The van der Waals surface area contributed by atoms with Crippen LogP contribution >= 0.6 is 15.9 Å². The molecule has 1 atom stereocenters. The van der Waals surface area contributed by atoms with E-state index in [1.807, 2.05) is 31.2 Å². The van der Waals surface area contributed by atoms with E-state index in [-0.39, 0.29) is 11.7 Å². The zero-order valence-electron chi connectivity index (χ0n) is 13.1. The lowest BCUT2D eigenvalue weighted by Gasteiger charge is -2.34. The molecule has 0 aromatic heterocycles. The zero-order valence-corrected chi connectivity index (χ0v) is 14.7. The van der Waals surface area contributed by atoms with Gasteiger partial charge in [-0.15, -0.1) is 0 Å². The molecule has 1 aromatic rings. The first-order chi connectivity index (χ1) is 11.0. The Morgan fingerprint density at radius 2 is 2.13 bits per heavy atom. The minimum atomic E-state index is -0.398. The van der Waals surface area contributed by atoms with Gasteiger partial charge in [0, 0.05) is 33.8 Å². The van der Waals surface area contributed by atoms with Crippen LogP contribution in [0.4, 0.5) is 0 Å². The molecule has 0 radical (unpaired) electrons. The van der Waals surface area contributed by atoms with Crippen LogP contribution in [-0.2, 0) is 14.3 Å². The Balaban J connectivity index is 2.20. The first-order valence-electron chi connectivity index (χ1n) is 7.60. The number of dihydropyridines is 1. The second-order valence-corrected chi connectivity index (χ2v) is 6.73. The van der Waals surface area contributed by atoms with E-state index in [2.05, 4.69) is 21.2 Å². The van der Waals surface area contributed by atoms with Gasteiger partial charge >= 0.3 is 5.97 Å². The summed E-state index contributed by atoms with van der Waals surface area (Å²) in [6.45, 7) is 1.86. The molecule has 0 saturated carbocycles. The van der Waals surface area contributed by atoms with Crippen molar-refractivity contribution in [3.63, 3.8) is 0 Å². The highest BCUT2D eigenvalue weighted by atomic mass is 79.9. The Morgan fingerprint density at radius 1 is 1.35 bits per heavy atom. The van der Waals surface area contributed by atoms with Gasteiger partial charge in [0.05, 0.1) is 12.7 Å². The van der Waals surface area contributed by atoms with Crippen LogP contribution in [0.2, 0.25) is 0 Å². The third-order valence-electron chi connectivity index (χ3n) is 4.36. The predicted octanol–water partition coefficient (Wildman–Crippen LogP) is 3.59. The van der Waals surface area contributed by atoms with E-state index in [4.69, 9.17) is 4.74 Å². The number of hydrogen-bond acceptors (Lipinski definition) is 4. The van der Waals surface area contributed by atoms with Gasteiger partial charge in [-0.05, 0) is 37.5 Å². The lowest BCUT2D eigenvalue weighted by atomic mass is 9.75. The topological polar surface area (TPSA) is 55.4 Å². The number of allylic oxidation sites excluding steroid dienone is 3. The fraction of sp³-hybridized carbons (Fsp3) is 0.333.